The Balaban J connectivity index is 2.71. The summed E-state index contributed by atoms with van der Waals surface area (Å²) in [5, 5.41) is 0. The van der Waals surface area contributed by atoms with Crippen LogP contribution in [0.4, 0.5) is 0 Å². The van der Waals surface area contributed by atoms with Crippen LogP contribution in [0.5, 0.6) is 0 Å². The number of rotatable bonds is 5. The Labute approximate surface area is 90.5 Å². The van der Waals surface area contributed by atoms with E-state index in [1.54, 1.807) is 0 Å². The highest BCUT2D eigenvalue weighted by atomic mass is 14.5. The topological polar surface area (TPSA) is 0 Å². The standard InChI is InChI=1S/C14H28/c1-6-12(7-2)13-9-10-14(13,8-3)11(4)5/h11-13H,6-10H2,1-5H3. The minimum absolute atomic E-state index is 0.705. The number of hydrogen-bond donors (Lipinski definition) is 0. The molecule has 0 aliphatic heterocycles. The third-order valence-corrected chi connectivity index (χ3v) is 5.09. The lowest BCUT2D eigenvalue weighted by Crippen LogP contribution is -2.47. The second-order valence-electron chi connectivity index (χ2n) is 5.46. The van der Waals surface area contributed by atoms with E-state index in [0.29, 0.717) is 5.41 Å². The second-order valence-corrected chi connectivity index (χ2v) is 5.46. The van der Waals surface area contributed by atoms with Crippen molar-refractivity contribution in [1.82, 2.24) is 0 Å². The fourth-order valence-electron chi connectivity index (χ4n) is 3.81. The van der Waals surface area contributed by atoms with E-state index >= 15 is 0 Å². The molecule has 84 valence electrons. The molecule has 0 aromatic heterocycles. The maximum absolute atomic E-state index is 2.43. The molecule has 0 spiro atoms. The first-order valence-corrected chi connectivity index (χ1v) is 6.62. The van der Waals surface area contributed by atoms with Crippen LogP contribution in [0.3, 0.4) is 0 Å². The molecule has 2 atom stereocenters. The van der Waals surface area contributed by atoms with E-state index in [0.717, 1.165) is 17.8 Å². The Morgan fingerprint density at radius 1 is 1.14 bits per heavy atom. The van der Waals surface area contributed by atoms with Gasteiger partial charge in [-0.3, -0.25) is 0 Å². The highest BCUT2D eigenvalue weighted by molar-refractivity contribution is 4.98. The Morgan fingerprint density at radius 2 is 1.71 bits per heavy atom. The lowest BCUT2D eigenvalue weighted by molar-refractivity contribution is -0.0606. The molecular weight excluding hydrogens is 168 g/mol. The third-order valence-electron chi connectivity index (χ3n) is 5.09. The summed E-state index contributed by atoms with van der Waals surface area (Å²) in [5.41, 5.74) is 0.705. The minimum Gasteiger partial charge on any atom is -0.0651 e. The normalized spacial score (nSPS) is 32.4. The summed E-state index contributed by atoms with van der Waals surface area (Å²) in [7, 11) is 0. The van der Waals surface area contributed by atoms with Gasteiger partial charge in [-0.1, -0.05) is 47.5 Å². The summed E-state index contributed by atoms with van der Waals surface area (Å²) >= 11 is 0. The van der Waals surface area contributed by atoms with E-state index in [1.807, 2.05) is 0 Å². The molecule has 2 unspecified atom stereocenters. The first-order valence-electron chi connectivity index (χ1n) is 6.62. The van der Waals surface area contributed by atoms with Crippen molar-refractivity contribution in [1.29, 1.82) is 0 Å². The Morgan fingerprint density at radius 3 is 1.93 bits per heavy atom. The molecule has 0 nitrogen and oxygen atoms in total. The van der Waals surface area contributed by atoms with Crippen molar-refractivity contribution >= 4 is 0 Å². The van der Waals surface area contributed by atoms with Crippen LogP contribution in [0.1, 0.15) is 66.7 Å². The molecule has 0 saturated heterocycles. The highest BCUT2D eigenvalue weighted by Crippen LogP contribution is 2.58. The van der Waals surface area contributed by atoms with Gasteiger partial charge in [-0.2, -0.15) is 0 Å². The van der Waals surface area contributed by atoms with E-state index in [9.17, 15) is 0 Å². The van der Waals surface area contributed by atoms with Crippen LogP contribution in [0, 0.1) is 23.2 Å². The van der Waals surface area contributed by atoms with Gasteiger partial charge in [0.15, 0.2) is 0 Å². The fourth-order valence-corrected chi connectivity index (χ4v) is 3.81. The second kappa shape index (κ2) is 4.68. The van der Waals surface area contributed by atoms with Crippen molar-refractivity contribution < 1.29 is 0 Å². The van der Waals surface area contributed by atoms with Crippen molar-refractivity contribution in [3.05, 3.63) is 0 Å². The zero-order valence-corrected chi connectivity index (χ0v) is 10.8. The van der Waals surface area contributed by atoms with Crippen LogP contribution >= 0.6 is 0 Å². The van der Waals surface area contributed by atoms with Crippen molar-refractivity contribution in [2.75, 3.05) is 0 Å². The summed E-state index contributed by atoms with van der Waals surface area (Å²) in [6.45, 7) is 12.0. The summed E-state index contributed by atoms with van der Waals surface area (Å²) in [6.07, 6.45) is 7.15. The Bertz CT molecular complexity index is 163. The van der Waals surface area contributed by atoms with Gasteiger partial charge >= 0.3 is 0 Å². The lowest BCUT2D eigenvalue weighted by Gasteiger charge is -2.56. The number of hydrogen-bond acceptors (Lipinski definition) is 0. The molecule has 0 amide bonds. The molecule has 1 aliphatic rings. The Kier molecular flexibility index (Phi) is 4.04. The monoisotopic (exact) mass is 196 g/mol. The van der Waals surface area contributed by atoms with Gasteiger partial charge in [-0.05, 0) is 42.4 Å². The maximum atomic E-state index is 2.43. The van der Waals surface area contributed by atoms with E-state index in [4.69, 9.17) is 0 Å². The minimum atomic E-state index is 0.705. The largest absolute Gasteiger partial charge is 0.0651 e. The molecule has 1 saturated carbocycles. The van der Waals surface area contributed by atoms with Crippen LogP contribution in [-0.4, -0.2) is 0 Å². The molecule has 1 rings (SSSR count). The van der Waals surface area contributed by atoms with Gasteiger partial charge in [0, 0.05) is 0 Å². The van der Waals surface area contributed by atoms with Gasteiger partial charge in [-0.25, -0.2) is 0 Å². The van der Waals surface area contributed by atoms with Gasteiger partial charge in [-0.15, -0.1) is 0 Å². The summed E-state index contributed by atoms with van der Waals surface area (Å²) < 4.78 is 0. The molecule has 14 heavy (non-hydrogen) atoms. The molecule has 0 heterocycles. The van der Waals surface area contributed by atoms with Crippen molar-refractivity contribution in [3.63, 3.8) is 0 Å². The van der Waals surface area contributed by atoms with Gasteiger partial charge in [0.05, 0.1) is 0 Å². The van der Waals surface area contributed by atoms with Crippen molar-refractivity contribution in [2.45, 2.75) is 66.7 Å². The van der Waals surface area contributed by atoms with Crippen LogP contribution in [-0.2, 0) is 0 Å². The molecule has 1 fully saturated rings. The van der Waals surface area contributed by atoms with E-state index in [-0.39, 0.29) is 0 Å². The van der Waals surface area contributed by atoms with E-state index in [2.05, 4.69) is 34.6 Å². The van der Waals surface area contributed by atoms with Gasteiger partial charge in [0.2, 0.25) is 0 Å². The predicted molar refractivity (Wildman–Crippen MR) is 64.4 cm³/mol. The average Bonchev–Trinajstić information content (AvgIpc) is 2.13. The lowest BCUT2D eigenvalue weighted by atomic mass is 9.49. The zero-order chi connectivity index (χ0) is 10.8. The first kappa shape index (κ1) is 12.1. The maximum Gasteiger partial charge on any atom is -0.0246 e. The average molecular weight is 196 g/mol. The van der Waals surface area contributed by atoms with Crippen molar-refractivity contribution in [3.8, 4) is 0 Å². The first-order chi connectivity index (χ1) is 6.62. The molecule has 0 aromatic carbocycles. The molecule has 0 N–H and O–H groups in total. The smallest absolute Gasteiger partial charge is 0.0246 e. The fraction of sp³-hybridized carbons (Fsp3) is 1.00. The highest BCUT2D eigenvalue weighted by Gasteiger charge is 2.49. The van der Waals surface area contributed by atoms with Crippen LogP contribution in [0.15, 0.2) is 0 Å². The molecule has 0 radical (unpaired) electrons. The molecule has 0 aromatic rings. The van der Waals surface area contributed by atoms with Gasteiger partial charge in [0.1, 0.15) is 0 Å². The van der Waals surface area contributed by atoms with Gasteiger partial charge in [0.25, 0.3) is 0 Å². The quantitative estimate of drug-likeness (QED) is 0.587. The van der Waals surface area contributed by atoms with E-state index < -0.39 is 0 Å². The SMILES string of the molecule is CCC(CC)C1CCC1(CC)C(C)C. The van der Waals surface area contributed by atoms with Crippen LogP contribution in [0.2, 0.25) is 0 Å². The third kappa shape index (κ3) is 1.73. The van der Waals surface area contributed by atoms with Crippen LogP contribution < -0.4 is 0 Å². The molecular formula is C14H28. The Hall–Kier alpha value is 0. The molecule has 1 aliphatic carbocycles. The summed E-state index contributed by atoms with van der Waals surface area (Å²) in [6, 6.07) is 0. The van der Waals surface area contributed by atoms with E-state index in [1.165, 1.54) is 32.1 Å². The predicted octanol–water partition coefficient (Wildman–Crippen LogP) is 4.89. The van der Waals surface area contributed by atoms with Crippen molar-refractivity contribution in [2.24, 2.45) is 23.2 Å². The van der Waals surface area contributed by atoms with Crippen LogP contribution in [0.25, 0.3) is 0 Å². The molecule has 0 heteroatoms. The summed E-state index contributed by atoms with van der Waals surface area (Å²) in [4.78, 5) is 0. The van der Waals surface area contributed by atoms with Gasteiger partial charge < -0.3 is 0 Å². The summed E-state index contributed by atoms with van der Waals surface area (Å²) in [5.74, 6) is 2.90. The zero-order valence-electron chi connectivity index (χ0n) is 10.8. The molecule has 0 bridgehead atoms.